The number of allylic oxidation sites excluding steroid dienone is 1. The van der Waals surface area contributed by atoms with E-state index in [0.29, 0.717) is 0 Å². The summed E-state index contributed by atoms with van der Waals surface area (Å²) >= 11 is 0. The van der Waals surface area contributed by atoms with Gasteiger partial charge in [-0.2, -0.15) is 0 Å². The van der Waals surface area contributed by atoms with Crippen LogP contribution < -0.4 is 10.1 Å². The summed E-state index contributed by atoms with van der Waals surface area (Å²) in [6.07, 6.45) is 1.83. The number of rotatable bonds is 4. The maximum atomic E-state index is 6.71. The van der Waals surface area contributed by atoms with Gasteiger partial charge in [0.2, 0.25) is 0 Å². The van der Waals surface area contributed by atoms with Crippen LogP contribution in [0.4, 0.5) is 0 Å². The van der Waals surface area contributed by atoms with E-state index in [4.69, 9.17) is 14.1 Å². The molecule has 9 aromatic rings. The van der Waals surface area contributed by atoms with E-state index < -0.39 is 5.41 Å². The largest absolute Gasteiger partial charge is 0.457 e. The average molecular weight is 731 g/mol. The van der Waals surface area contributed by atoms with Crippen molar-refractivity contribution < 1.29 is 9.15 Å². The summed E-state index contributed by atoms with van der Waals surface area (Å²) in [5, 5.41) is 6.00. The first-order valence-electron chi connectivity index (χ1n) is 19.5. The zero-order valence-electron chi connectivity index (χ0n) is 30.8. The quantitative estimate of drug-likeness (QED) is 0.196. The fourth-order valence-electron chi connectivity index (χ4n) is 9.44. The van der Waals surface area contributed by atoms with Crippen molar-refractivity contribution in [2.24, 2.45) is 4.99 Å². The summed E-state index contributed by atoms with van der Waals surface area (Å²) < 4.78 is 13.0. The minimum absolute atomic E-state index is 0.320. The van der Waals surface area contributed by atoms with E-state index in [-0.39, 0.29) is 6.17 Å². The number of aliphatic imine (C=N–C) groups is 1. The molecule has 0 fully saturated rings. The molecule has 1 N–H and O–H groups in total. The average Bonchev–Trinajstić information content (AvgIpc) is 3.80. The highest BCUT2D eigenvalue weighted by atomic mass is 16.5. The fraction of sp³-hybridized carbons (Fsp3) is 0.0377. The maximum Gasteiger partial charge on any atom is 0.145 e. The number of hydrogen-bond donors (Lipinski definition) is 1. The van der Waals surface area contributed by atoms with Gasteiger partial charge in [-0.15, -0.1) is 0 Å². The molecule has 268 valence electrons. The van der Waals surface area contributed by atoms with E-state index in [9.17, 15) is 0 Å². The molecule has 0 amide bonds. The lowest BCUT2D eigenvalue weighted by atomic mass is 9.66. The molecular weight excluding hydrogens is 697 g/mol. The molecule has 12 rings (SSSR count). The maximum absolute atomic E-state index is 6.71. The Morgan fingerprint density at radius 3 is 1.95 bits per heavy atom. The molecule has 1 aromatic heterocycles. The first-order valence-corrected chi connectivity index (χ1v) is 19.5. The second-order valence-corrected chi connectivity index (χ2v) is 15.1. The third-order valence-electron chi connectivity index (χ3n) is 12.0. The number of para-hydroxylation sites is 2. The Bertz CT molecular complexity index is 3110. The van der Waals surface area contributed by atoms with Crippen LogP contribution >= 0.6 is 0 Å². The third-order valence-corrected chi connectivity index (χ3v) is 12.0. The molecule has 1 spiro atoms. The van der Waals surface area contributed by atoms with Crippen molar-refractivity contribution in [2.45, 2.75) is 11.6 Å². The van der Waals surface area contributed by atoms with E-state index >= 15 is 0 Å². The standard InChI is InChI=1S/C53H34N2O2/c1-2-13-33(14-3-1)46-32-47(36-25-27-41-40-19-6-10-23-48(40)56-51(41)31-36)55-52(54-46)37-16-12-15-34(29-37)35-26-28-50-45(30-35)53(44-22-9-11-24-49(44)57-50)42-20-7-4-17-38(42)39-18-5-8-21-43(39)53/h1-32,52,54H. The highest BCUT2D eigenvalue weighted by Crippen LogP contribution is 2.62. The van der Waals surface area contributed by atoms with Gasteiger partial charge >= 0.3 is 0 Å². The first kappa shape index (κ1) is 31.9. The van der Waals surface area contributed by atoms with Gasteiger partial charge < -0.3 is 14.5 Å². The number of ether oxygens (including phenoxy) is 1. The van der Waals surface area contributed by atoms with E-state index in [1.54, 1.807) is 0 Å². The van der Waals surface area contributed by atoms with Crippen LogP contribution in [-0.4, -0.2) is 5.71 Å². The molecule has 4 heteroatoms. The Kier molecular flexibility index (Phi) is 6.87. The molecule has 1 aliphatic carbocycles. The van der Waals surface area contributed by atoms with Crippen molar-refractivity contribution in [3.63, 3.8) is 0 Å². The smallest absolute Gasteiger partial charge is 0.145 e. The minimum Gasteiger partial charge on any atom is -0.457 e. The van der Waals surface area contributed by atoms with Gasteiger partial charge in [0.15, 0.2) is 0 Å². The molecule has 2 aliphatic heterocycles. The topological polar surface area (TPSA) is 46.8 Å². The van der Waals surface area contributed by atoms with Crippen molar-refractivity contribution in [1.82, 2.24) is 5.32 Å². The van der Waals surface area contributed by atoms with E-state index in [1.807, 2.05) is 18.2 Å². The van der Waals surface area contributed by atoms with Crippen LogP contribution in [0.3, 0.4) is 0 Å². The molecule has 1 unspecified atom stereocenters. The van der Waals surface area contributed by atoms with Gasteiger partial charge in [0, 0.05) is 33.2 Å². The van der Waals surface area contributed by atoms with Crippen LogP contribution in [0.5, 0.6) is 11.5 Å². The van der Waals surface area contributed by atoms with Gasteiger partial charge in [-0.05, 0) is 93.0 Å². The molecule has 3 aliphatic rings. The molecule has 0 saturated carbocycles. The van der Waals surface area contributed by atoms with E-state index in [1.165, 1.54) is 22.3 Å². The predicted molar refractivity (Wildman–Crippen MR) is 230 cm³/mol. The van der Waals surface area contributed by atoms with Crippen molar-refractivity contribution in [2.75, 3.05) is 0 Å². The zero-order chi connectivity index (χ0) is 37.5. The zero-order valence-corrected chi connectivity index (χ0v) is 30.8. The third kappa shape index (κ3) is 4.77. The molecular formula is C53H34N2O2. The Labute approximate surface area is 330 Å². The summed E-state index contributed by atoms with van der Waals surface area (Å²) in [7, 11) is 0. The minimum atomic E-state index is -0.522. The van der Waals surface area contributed by atoms with Crippen molar-refractivity contribution in [3.05, 3.63) is 233 Å². The van der Waals surface area contributed by atoms with Crippen LogP contribution in [0.15, 0.2) is 204 Å². The summed E-state index contributed by atoms with van der Waals surface area (Å²) in [6, 6.07) is 66.8. The lowest BCUT2D eigenvalue weighted by Crippen LogP contribution is -2.32. The van der Waals surface area contributed by atoms with Crippen LogP contribution in [0.2, 0.25) is 0 Å². The summed E-state index contributed by atoms with van der Waals surface area (Å²) in [4.78, 5) is 5.36. The highest BCUT2D eigenvalue weighted by molar-refractivity contribution is 6.15. The lowest BCUT2D eigenvalue weighted by molar-refractivity contribution is 0.436. The van der Waals surface area contributed by atoms with Crippen molar-refractivity contribution in [3.8, 4) is 33.8 Å². The molecule has 0 bridgehead atoms. The monoisotopic (exact) mass is 730 g/mol. The van der Waals surface area contributed by atoms with Gasteiger partial charge in [-0.25, -0.2) is 0 Å². The number of fused-ring (bicyclic) bond motifs is 12. The summed E-state index contributed by atoms with van der Waals surface area (Å²) in [5.41, 5.74) is 16.0. The Morgan fingerprint density at radius 2 is 1.11 bits per heavy atom. The number of nitrogens with one attached hydrogen (secondary N) is 1. The Balaban J connectivity index is 0.989. The first-order chi connectivity index (χ1) is 28.2. The molecule has 4 nitrogen and oxygen atoms in total. The van der Waals surface area contributed by atoms with Crippen LogP contribution in [-0.2, 0) is 5.41 Å². The highest BCUT2D eigenvalue weighted by Gasteiger charge is 2.51. The summed E-state index contributed by atoms with van der Waals surface area (Å²) in [5.74, 6) is 1.77. The molecule has 0 saturated heterocycles. The van der Waals surface area contributed by atoms with Gasteiger partial charge in [-0.1, -0.05) is 146 Å². The van der Waals surface area contributed by atoms with E-state index in [2.05, 4.69) is 181 Å². The lowest BCUT2D eigenvalue weighted by Gasteiger charge is -2.39. The number of hydrogen-bond acceptors (Lipinski definition) is 4. The Hall–Kier alpha value is -7.43. The second kappa shape index (κ2) is 12.3. The number of nitrogens with zero attached hydrogens (tertiary/aromatic N) is 1. The van der Waals surface area contributed by atoms with Crippen LogP contribution in [0.25, 0.3) is 49.9 Å². The summed E-state index contributed by atoms with van der Waals surface area (Å²) in [6.45, 7) is 0. The normalized spacial score (nSPS) is 15.8. The molecule has 0 radical (unpaired) electrons. The molecule has 3 heterocycles. The van der Waals surface area contributed by atoms with Gasteiger partial charge in [0.05, 0.1) is 11.1 Å². The Morgan fingerprint density at radius 1 is 0.456 bits per heavy atom. The van der Waals surface area contributed by atoms with Crippen molar-refractivity contribution >= 4 is 33.3 Å². The molecule has 57 heavy (non-hydrogen) atoms. The second-order valence-electron chi connectivity index (χ2n) is 15.1. The van der Waals surface area contributed by atoms with Crippen LogP contribution in [0, 0.1) is 0 Å². The number of furan rings is 1. The van der Waals surface area contributed by atoms with Crippen LogP contribution in [0.1, 0.15) is 45.1 Å². The molecule has 8 aromatic carbocycles. The van der Waals surface area contributed by atoms with Gasteiger partial charge in [0.1, 0.15) is 28.8 Å². The molecule has 1 atom stereocenters. The van der Waals surface area contributed by atoms with E-state index in [0.717, 1.165) is 83.8 Å². The fourth-order valence-corrected chi connectivity index (χ4v) is 9.44. The SMILES string of the molecule is C1=C(c2ccccc2)NC(c2cccc(-c3ccc4c(c3)C3(c5ccccc5O4)c4ccccc4-c4ccccc43)c2)N=C1c1ccc2c(c1)oc1ccccc12. The van der Waals surface area contributed by atoms with Gasteiger partial charge in [0.25, 0.3) is 0 Å². The van der Waals surface area contributed by atoms with Gasteiger partial charge in [-0.3, -0.25) is 4.99 Å². The predicted octanol–water partition coefficient (Wildman–Crippen LogP) is 12.9. The van der Waals surface area contributed by atoms with Crippen molar-refractivity contribution in [1.29, 1.82) is 0 Å². The number of benzene rings is 8.